The Morgan fingerprint density at radius 3 is 2.52 bits per heavy atom. The van der Waals surface area contributed by atoms with Gasteiger partial charge in [0, 0.05) is 17.5 Å². The molecular formula is C17H15ClN2O3. The van der Waals surface area contributed by atoms with Gasteiger partial charge in [0.25, 0.3) is 0 Å². The molecule has 3 rings (SSSR count). The van der Waals surface area contributed by atoms with Crippen molar-refractivity contribution in [3.8, 4) is 22.8 Å². The molecule has 0 fully saturated rings. The number of hydrogen-bond acceptors (Lipinski definition) is 5. The number of aldehydes is 1. The first-order valence-corrected chi connectivity index (χ1v) is 6.77. The Morgan fingerprint density at radius 2 is 1.87 bits per heavy atom. The lowest BCUT2D eigenvalue weighted by molar-refractivity contribution is -0.107. The SMILES string of the molecule is Cl.Nc1conc1-c1ccc(Oc2ccccc2CC=O)cc1. The minimum absolute atomic E-state index is 0. The third-order valence-electron chi connectivity index (χ3n) is 3.23. The van der Waals surface area contributed by atoms with Crippen molar-refractivity contribution < 1.29 is 14.1 Å². The highest BCUT2D eigenvalue weighted by Crippen LogP contribution is 2.29. The normalized spacial score (nSPS) is 9.91. The summed E-state index contributed by atoms with van der Waals surface area (Å²) < 4.78 is 10.7. The molecule has 2 N–H and O–H groups in total. The van der Waals surface area contributed by atoms with Gasteiger partial charge in [-0.1, -0.05) is 23.4 Å². The number of ether oxygens (including phenoxy) is 1. The first-order valence-electron chi connectivity index (χ1n) is 6.77. The summed E-state index contributed by atoms with van der Waals surface area (Å²) in [4.78, 5) is 10.7. The van der Waals surface area contributed by atoms with Gasteiger partial charge in [-0.15, -0.1) is 12.4 Å². The van der Waals surface area contributed by atoms with Crippen LogP contribution >= 0.6 is 12.4 Å². The highest BCUT2D eigenvalue weighted by atomic mass is 35.5. The standard InChI is InChI=1S/C17H14N2O3.ClH/c18-15-11-21-19-17(15)13-5-7-14(8-6-13)22-16-4-2-1-3-12(16)9-10-20;/h1-8,10-11H,9,18H2;1H. The molecule has 1 aromatic heterocycles. The lowest BCUT2D eigenvalue weighted by Crippen LogP contribution is -1.93. The van der Waals surface area contributed by atoms with Crippen LogP contribution in [0, 0.1) is 0 Å². The number of nitrogens with two attached hydrogens (primary N) is 1. The fourth-order valence-corrected chi connectivity index (χ4v) is 2.13. The van der Waals surface area contributed by atoms with Gasteiger partial charge in [-0.2, -0.15) is 0 Å². The number of para-hydroxylation sites is 1. The van der Waals surface area contributed by atoms with Gasteiger partial charge in [-0.3, -0.25) is 0 Å². The van der Waals surface area contributed by atoms with Crippen molar-refractivity contribution in [2.45, 2.75) is 6.42 Å². The Hall–Kier alpha value is -2.79. The van der Waals surface area contributed by atoms with E-state index < -0.39 is 0 Å². The number of aromatic nitrogens is 1. The van der Waals surface area contributed by atoms with Crippen LogP contribution in [-0.4, -0.2) is 11.4 Å². The topological polar surface area (TPSA) is 78.3 Å². The van der Waals surface area contributed by atoms with Gasteiger partial charge in [0.1, 0.15) is 35.4 Å². The third kappa shape index (κ3) is 3.70. The molecule has 6 heteroatoms. The van der Waals surface area contributed by atoms with Crippen LogP contribution in [0.2, 0.25) is 0 Å². The summed E-state index contributed by atoms with van der Waals surface area (Å²) >= 11 is 0. The van der Waals surface area contributed by atoms with Crippen molar-refractivity contribution in [2.75, 3.05) is 5.73 Å². The predicted molar refractivity (Wildman–Crippen MR) is 89.9 cm³/mol. The summed E-state index contributed by atoms with van der Waals surface area (Å²) in [6.07, 6.45) is 2.58. The second kappa shape index (κ2) is 7.47. The second-order valence-electron chi connectivity index (χ2n) is 4.72. The van der Waals surface area contributed by atoms with Crippen molar-refractivity contribution in [1.82, 2.24) is 5.16 Å². The smallest absolute Gasteiger partial charge is 0.147 e. The lowest BCUT2D eigenvalue weighted by atomic mass is 10.1. The molecule has 0 amide bonds. The molecule has 0 aliphatic carbocycles. The molecular weight excluding hydrogens is 316 g/mol. The molecule has 0 atom stereocenters. The fraction of sp³-hybridized carbons (Fsp3) is 0.0588. The van der Waals surface area contributed by atoms with Crippen LogP contribution in [0.3, 0.4) is 0 Å². The van der Waals surface area contributed by atoms with E-state index in [-0.39, 0.29) is 12.4 Å². The third-order valence-corrected chi connectivity index (χ3v) is 3.23. The van der Waals surface area contributed by atoms with Gasteiger partial charge >= 0.3 is 0 Å². The Morgan fingerprint density at radius 1 is 1.13 bits per heavy atom. The summed E-state index contributed by atoms with van der Waals surface area (Å²) in [6.45, 7) is 0. The summed E-state index contributed by atoms with van der Waals surface area (Å²) in [7, 11) is 0. The first kappa shape index (κ1) is 16.6. The number of carbonyl (C=O) groups excluding carboxylic acids is 1. The van der Waals surface area contributed by atoms with Gasteiger partial charge in [0.15, 0.2) is 0 Å². The zero-order chi connectivity index (χ0) is 15.4. The molecule has 0 bridgehead atoms. The van der Waals surface area contributed by atoms with E-state index in [0.29, 0.717) is 29.3 Å². The Balaban J connectivity index is 0.00000192. The molecule has 0 aliphatic rings. The van der Waals surface area contributed by atoms with E-state index in [9.17, 15) is 4.79 Å². The number of hydrogen-bond donors (Lipinski definition) is 1. The van der Waals surface area contributed by atoms with Crippen LogP contribution in [-0.2, 0) is 11.2 Å². The van der Waals surface area contributed by atoms with Crippen LogP contribution in [0.1, 0.15) is 5.56 Å². The molecule has 118 valence electrons. The Bertz CT molecular complexity index is 785. The largest absolute Gasteiger partial charge is 0.457 e. The summed E-state index contributed by atoms with van der Waals surface area (Å²) in [5.74, 6) is 1.34. The summed E-state index contributed by atoms with van der Waals surface area (Å²) in [6, 6.07) is 14.8. The molecule has 0 saturated heterocycles. The average Bonchev–Trinajstić information content (AvgIpc) is 2.96. The van der Waals surface area contributed by atoms with Crippen LogP contribution in [0.4, 0.5) is 5.69 Å². The number of halogens is 1. The zero-order valence-corrected chi connectivity index (χ0v) is 13.0. The number of benzene rings is 2. The molecule has 23 heavy (non-hydrogen) atoms. The van der Waals surface area contributed by atoms with Crippen LogP contribution in [0.5, 0.6) is 11.5 Å². The molecule has 2 aromatic carbocycles. The van der Waals surface area contributed by atoms with Crippen molar-refractivity contribution in [2.24, 2.45) is 0 Å². The second-order valence-corrected chi connectivity index (χ2v) is 4.72. The van der Waals surface area contributed by atoms with Gasteiger partial charge in [-0.25, -0.2) is 0 Å². The minimum atomic E-state index is 0. The predicted octanol–water partition coefficient (Wildman–Crippen LogP) is 3.88. The fourth-order valence-electron chi connectivity index (χ4n) is 2.13. The maximum absolute atomic E-state index is 10.7. The first-order chi connectivity index (χ1) is 10.8. The molecule has 5 nitrogen and oxygen atoms in total. The molecule has 0 saturated carbocycles. The monoisotopic (exact) mass is 330 g/mol. The Labute approximate surface area is 139 Å². The number of rotatable bonds is 5. The van der Waals surface area contributed by atoms with Gasteiger partial charge in [0.2, 0.25) is 0 Å². The van der Waals surface area contributed by atoms with Crippen molar-refractivity contribution in [3.05, 3.63) is 60.4 Å². The highest BCUT2D eigenvalue weighted by molar-refractivity contribution is 5.85. The van der Waals surface area contributed by atoms with Gasteiger partial charge in [-0.05, 0) is 30.3 Å². The van der Waals surface area contributed by atoms with Crippen LogP contribution in [0.25, 0.3) is 11.3 Å². The maximum atomic E-state index is 10.7. The van der Waals surface area contributed by atoms with E-state index in [1.165, 1.54) is 6.26 Å². The highest BCUT2D eigenvalue weighted by Gasteiger charge is 2.08. The molecule has 1 heterocycles. The molecule has 0 radical (unpaired) electrons. The summed E-state index contributed by atoms with van der Waals surface area (Å²) in [5.41, 5.74) is 8.56. The van der Waals surface area contributed by atoms with E-state index in [1.807, 2.05) is 48.5 Å². The van der Waals surface area contributed by atoms with Crippen LogP contribution in [0.15, 0.2) is 59.3 Å². The molecule has 0 aliphatic heterocycles. The lowest BCUT2D eigenvalue weighted by Gasteiger charge is -2.09. The number of anilines is 1. The van der Waals surface area contributed by atoms with E-state index in [4.69, 9.17) is 15.0 Å². The quantitative estimate of drug-likeness (QED) is 0.718. The molecule has 3 aromatic rings. The molecule has 0 spiro atoms. The minimum Gasteiger partial charge on any atom is -0.457 e. The van der Waals surface area contributed by atoms with Crippen LogP contribution < -0.4 is 10.5 Å². The van der Waals surface area contributed by atoms with Crippen molar-refractivity contribution in [1.29, 1.82) is 0 Å². The van der Waals surface area contributed by atoms with Crippen molar-refractivity contribution >= 4 is 24.4 Å². The van der Waals surface area contributed by atoms with E-state index >= 15 is 0 Å². The number of nitrogen functional groups attached to an aromatic ring is 1. The van der Waals surface area contributed by atoms with E-state index in [0.717, 1.165) is 17.4 Å². The number of nitrogens with zero attached hydrogens (tertiary/aromatic N) is 1. The van der Waals surface area contributed by atoms with Crippen molar-refractivity contribution in [3.63, 3.8) is 0 Å². The van der Waals surface area contributed by atoms with E-state index in [2.05, 4.69) is 5.16 Å². The molecule has 0 unspecified atom stereocenters. The number of carbonyl (C=O) groups is 1. The zero-order valence-electron chi connectivity index (χ0n) is 12.1. The van der Waals surface area contributed by atoms with E-state index in [1.54, 1.807) is 0 Å². The van der Waals surface area contributed by atoms with Gasteiger partial charge in [0.05, 0.1) is 0 Å². The Kier molecular flexibility index (Phi) is 5.38. The average molecular weight is 331 g/mol. The van der Waals surface area contributed by atoms with Gasteiger partial charge < -0.3 is 19.8 Å². The summed E-state index contributed by atoms with van der Waals surface area (Å²) in [5, 5.41) is 3.86. The maximum Gasteiger partial charge on any atom is 0.147 e.